The second-order valence-electron chi connectivity index (χ2n) is 14.6. The molecule has 2 N–H and O–H groups in total. The number of halogens is 6. The van der Waals surface area contributed by atoms with Crippen LogP contribution in [0.3, 0.4) is 0 Å². The number of anilines is 2. The standard InChI is InChI=1S/C41H30BrCl2F3N4O7/c1-18(52)19-3-9-24(10-4-19)50-36(54)26-12-11-25-27(32(26)38(50)56)16-29-37(55)51(49-35-30(44)13-21(17-48-35)41(45,46)47)39(57)40(29,20-5-7-23(43)8-6-20)33(25)28-14-22(42)15-31(58-2)34(28)53/h3-11,13-15,17,26-27,29,32-33,53H,12,16H2,1-2H3,(H,48,49)/t26-,27+,29-,32-,33+,40+/m0/s1. The number of ether oxygens (including phenoxy) is 1. The van der Waals surface area contributed by atoms with Gasteiger partial charge in [-0.1, -0.05) is 62.9 Å². The fourth-order valence-corrected chi connectivity index (χ4v) is 9.99. The minimum absolute atomic E-state index is 0.0309. The van der Waals surface area contributed by atoms with Gasteiger partial charge in [0.1, 0.15) is 0 Å². The number of carbonyl (C=O) groups is 5. The second kappa shape index (κ2) is 14.2. The number of benzene rings is 3. The van der Waals surface area contributed by atoms with Crippen molar-refractivity contribution in [1.82, 2.24) is 9.99 Å². The topological polar surface area (TPSA) is 146 Å². The molecule has 17 heteroatoms. The number of aromatic hydroxyl groups is 1. The fourth-order valence-electron chi connectivity index (χ4n) is 9.20. The van der Waals surface area contributed by atoms with E-state index < -0.39 is 81.2 Å². The summed E-state index contributed by atoms with van der Waals surface area (Å²) in [5.41, 5.74) is 1.15. The van der Waals surface area contributed by atoms with Crippen LogP contribution in [-0.4, -0.2) is 51.6 Å². The molecule has 3 fully saturated rings. The van der Waals surface area contributed by atoms with E-state index in [1.807, 2.05) is 0 Å². The average Bonchev–Trinajstić information content (AvgIpc) is 3.56. The third-order valence-corrected chi connectivity index (χ3v) is 12.7. The monoisotopic (exact) mass is 896 g/mol. The Morgan fingerprint density at radius 1 is 0.983 bits per heavy atom. The van der Waals surface area contributed by atoms with Gasteiger partial charge >= 0.3 is 6.18 Å². The molecule has 6 atom stereocenters. The molecule has 4 aliphatic rings. The zero-order valence-corrected chi connectivity index (χ0v) is 33.4. The lowest BCUT2D eigenvalue weighted by atomic mass is 9.49. The van der Waals surface area contributed by atoms with Crippen molar-refractivity contribution in [2.75, 3.05) is 17.4 Å². The zero-order chi connectivity index (χ0) is 41.6. The van der Waals surface area contributed by atoms with E-state index in [0.717, 1.165) is 4.90 Å². The Labute approximate surface area is 346 Å². The van der Waals surface area contributed by atoms with Crippen molar-refractivity contribution in [3.63, 3.8) is 0 Å². The number of phenols is 1. The molecule has 3 aromatic carbocycles. The molecular weight excluding hydrogens is 868 g/mol. The number of Topliss-reactive ketones (excluding diaryl/α,β-unsaturated/α-hetero) is 1. The van der Waals surface area contributed by atoms with E-state index in [1.54, 1.807) is 24.3 Å². The van der Waals surface area contributed by atoms with Gasteiger partial charge in [-0.2, -0.15) is 18.2 Å². The summed E-state index contributed by atoms with van der Waals surface area (Å²) < 4.78 is 46.5. The number of hydrogen-bond acceptors (Lipinski definition) is 9. The van der Waals surface area contributed by atoms with Gasteiger partial charge < -0.3 is 9.84 Å². The Morgan fingerprint density at radius 3 is 2.29 bits per heavy atom. The smallest absolute Gasteiger partial charge is 0.417 e. The van der Waals surface area contributed by atoms with E-state index in [4.69, 9.17) is 27.9 Å². The third-order valence-electron chi connectivity index (χ3n) is 11.7. The molecule has 2 aliphatic heterocycles. The molecule has 0 spiro atoms. The summed E-state index contributed by atoms with van der Waals surface area (Å²) in [5, 5.41) is 12.4. The average molecular weight is 899 g/mol. The molecule has 0 unspecified atom stereocenters. The highest BCUT2D eigenvalue weighted by atomic mass is 79.9. The largest absolute Gasteiger partial charge is 0.504 e. The normalized spacial score (nSPS) is 25.3. The SMILES string of the molecule is COc1cc(Br)cc([C@H]2C3=CC[C@@H]4C(=O)N(c5ccc(C(C)=O)cc5)C(=O)[C@@H]4[C@@H]3C[C@H]3C(=O)N(Nc4ncc(C(F)(F)F)cc4Cl)C(=O)[C@@]23c2ccc(Cl)cc2)c1O. The molecule has 11 nitrogen and oxygen atoms in total. The molecule has 4 aromatic rings. The summed E-state index contributed by atoms with van der Waals surface area (Å²) in [5.74, 6) is -8.81. The maximum Gasteiger partial charge on any atom is 0.417 e. The van der Waals surface area contributed by atoms with Crippen molar-refractivity contribution >= 4 is 80.0 Å². The molecule has 3 heterocycles. The Bertz CT molecular complexity index is 2480. The number of hydrazine groups is 1. The number of amides is 4. The van der Waals surface area contributed by atoms with E-state index in [1.165, 1.54) is 56.5 Å². The Hall–Kier alpha value is -5.25. The highest BCUT2D eigenvalue weighted by Crippen LogP contribution is 2.65. The van der Waals surface area contributed by atoms with Crippen molar-refractivity contribution in [1.29, 1.82) is 0 Å². The van der Waals surface area contributed by atoms with Crippen molar-refractivity contribution < 1.29 is 47.0 Å². The van der Waals surface area contributed by atoms with E-state index in [9.17, 15) is 37.5 Å². The van der Waals surface area contributed by atoms with Crippen LogP contribution in [0, 0.1) is 23.7 Å². The number of ketones is 1. The van der Waals surface area contributed by atoms with Crippen LogP contribution in [0.5, 0.6) is 11.5 Å². The quantitative estimate of drug-likeness (QED) is 0.106. The molecule has 1 saturated carbocycles. The van der Waals surface area contributed by atoms with E-state index in [-0.39, 0.29) is 41.4 Å². The van der Waals surface area contributed by atoms with Crippen molar-refractivity contribution in [3.8, 4) is 11.5 Å². The van der Waals surface area contributed by atoms with Gasteiger partial charge in [-0.15, -0.1) is 0 Å². The molecule has 58 heavy (non-hydrogen) atoms. The maximum atomic E-state index is 15.4. The molecule has 4 amide bonds. The van der Waals surface area contributed by atoms with E-state index in [0.29, 0.717) is 43.5 Å². The first kappa shape index (κ1) is 39.6. The van der Waals surface area contributed by atoms with Gasteiger partial charge in [0.2, 0.25) is 11.8 Å². The van der Waals surface area contributed by atoms with Gasteiger partial charge in [0.25, 0.3) is 11.8 Å². The summed E-state index contributed by atoms with van der Waals surface area (Å²) in [6, 6.07) is 16.0. The number of nitrogens with one attached hydrogen (secondary N) is 1. The van der Waals surface area contributed by atoms with E-state index in [2.05, 4.69) is 26.3 Å². The van der Waals surface area contributed by atoms with Crippen LogP contribution in [0.2, 0.25) is 10.0 Å². The zero-order valence-electron chi connectivity index (χ0n) is 30.3. The molecular formula is C41H30BrCl2F3N4O7. The maximum absolute atomic E-state index is 15.4. The number of carbonyl (C=O) groups excluding carboxylic acids is 5. The number of phenolic OH excluding ortho intramolecular Hbond substituents is 1. The lowest BCUT2D eigenvalue weighted by molar-refractivity contribution is -0.139. The number of pyridine rings is 1. The number of methoxy groups -OCH3 is 1. The minimum atomic E-state index is -4.78. The Kier molecular flexibility index (Phi) is 9.71. The van der Waals surface area contributed by atoms with Crippen LogP contribution in [0.1, 0.15) is 52.7 Å². The first-order chi connectivity index (χ1) is 27.5. The van der Waals surface area contributed by atoms with Crippen LogP contribution in [0.25, 0.3) is 0 Å². The highest BCUT2D eigenvalue weighted by molar-refractivity contribution is 9.10. The molecule has 2 saturated heterocycles. The van der Waals surface area contributed by atoms with Crippen LogP contribution in [0.4, 0.5) is 24.7 Å². The summed E-state index contributed by atoms with van der Waals surface area (Å²) in [4.78, 5) is 75.9. The van der Waals surface area contributed by atoms with Crippen molar-refractivity contribution in [3.05, 3.63) is 121 Å². The summed E-state index contributed by atoms with van der Waals surface area (Å²) >= 11 is 16.1. The van der Waals surface area contributed by atoms with Gasteiger partial charge in [-0.3, -0.25) is 34.3 Å². The third kappa shape index (κ3) is 5.99. The number of alkyl halides is 3. The first-order valence-electron chi connectivity index (χ1n) is 17.9. The number of rotatable bonds is 7. The Balaban J connectivity index is 1.32. The summed E-state index contributed by atoms with van der Waals surface area (Å²) in [6.07, 6.45) is -2.55. The lowest BCUT2D eigenvalue weighted by Crippen LogP contribution is -2.53. The Morgan fingerprint density at radius 2 is 1.67 bits per heavy atom. The number of nitrogens with zero attached hydrogens (tertiary/aromatic N) is 3. The van der Waals surface area contributed by atoms with Crippen LogP contribution < -0.4 is 15.1 Å². The first-order valence-corrected chi connectivity index (χ1v) is 19.4. The number of allylic oxidation sites excluding steroid dienone is 2. The van der Waals surface area contributed by atoms with Gasteiger partial charge in [0, 0.05) is 32.7 Å². The van der Waals surface area contributed by atoms with Gasteiger partial charge in [0.05, 0.1) is 46.6 Å². The lowest BCUT2D eigenvalue weighted by Gasteiger charge is -2.50. The predicted octanol–water partition coefficient (Wildman–Crippen LogP) is 8.28. The second-order valence-corrected chi connectivity index (χ2v) is 16.3. The predicted molar refractivity (Wildman–Crippen MR) is 208 cm³/mol. The van der Waals surface area contributed by atoms with Crippen LogP contribution in [0.15, 0.2) is 89.0 Å². The minimum Gasteiger partial charge on any atom is -0.504 e. The number of fused-ring (bicyclic) bond motifs is 4. The summed E-state index contributed by atoms with van der Waals surface area (Å²) in [7, 11) is 1.34. The van der Waals surface area contributed by atoms with Gasteiger partial charge in [-0.05, 0) is 85.8 Å². The number of aromatic nitrogens is 1. The molecule has 0 radical (unpaired) electrons. The van der Waals surface area contributed by atoms with Crippen LogP contribution >= 0.6 is 39.1 Å². The van der Waals surface area contributed by atoms with Gasteiger partial charge in [0.15, 0.2) is 23.1 Å². The van der Waals surface area contributed by atoms with Crippen molar-refractivity contribution in [2.45, 2.75) is 37.3 Å². The number of imide groups is 2. The molecule has 1 aromatic heterocycles. The fraction of sp³-hybridized carbons (Fsp3) is 0.268. The van der Waals surface area contributed by atoms with E-state index >= 15 is 4.79 Å². The molecule has 298 valence electrons. The summed E-state index contributed by atoms with van der Waals surface area (Å²) in [6.45, 7) is 1.39. The number of hydrogen-bond donors (Lipinski definition) is 2. The van der Waals surface area contributed by atoms with Crippen LogP contribution in [-0.2, 0) is 30.8 Å². The highest BCUT2D eigenvalue weighted by Gasteiger charge is 2.71. The molecule has 8 rings (SSSR count). The van der Waals surface area contributed by atoms with Crippen molar-refractivity contribution in [2.24, 2.45) is 23.7 Å². The van der Waals surface area contributed by atoms with Gasteiger partial charge in [-0.25, -0.2) is 4.98 Å². The molecule has 0 bridgehead atoms. The molecule has 2 aliphatic carbocycles.